The molecule has 0 saturated heterocycles. The maximum Gasteiger partial charge on any atom is 0.156 e. The summed E-state index contributed by atoms with van der Waals surface area (Å²) >= 11 is 8.25. The first-order valence-electron chi connectivity index (χ1n) is 4.39. The van der Waals surface area contributed by atoms with Crippen molar-refractivity contribution in [2.75, 3.05) is 0 Å². The molecule has 0 bridgehead atoms. The number of aliphatic hydroxyl groups excluding tert-OH is 1. The first-order valence-corrected chi connectivity index (χ1v) is 6.40. The minimum atomic E-state index is -0.288. The molecule has 0 aliphatic carbocycles. The molecule has 1 aromatic heterocycles. The lowest BCUT2D eigenvalue weighted by atomic mass is 10.4. The summed E-state index contributed by atoms with van der Waals surface area (Å²) in [5.74, 6) is -0.288. The van der Waals surface area contributed by atoms with E-state index in [0.29, 0.717) is 14.1 Å². The van der Waals surface area contributed by atoms with Crippen molar-refractivity contribution in [2.24, 2.45) is 0 Å². The van der Waals surface area contributed by atoms with Crippen molar-refractivity contribution in [1.82, 2.24) is 4.98 Å². The van der Waals surface area contributed by atoms with Crippen molar-refractivity contribution in [1.29, 1.82) is 0 Å². The van der Waals surface area contributed by atoms with Crippen LogP contribution in [0.4, 0.5) is 4.39 Å². The molecule has 0 unspecified atom stereocenters. The van der Waals surface area contributed by atoms with Gasteiger partial charge in [-0.1, -0.05) is 35.5 Å². The topological polar surface area (TPSA) is 33.1 Å². The van der Waals surface area contributed by atoms with E-state index in [4.69, 9.17) is 16.7 Å². The van der Waals surface area contributed by atoms with Crippen LogP contribution >= 0.6 is 34.7 Å². The fraction of sp³-hybridized carbons (Fsp3) is 0.100. The molecule has 2 nitrogen and oxygen atoms in total. The standard InChI is InChI=1S/C10H7ClFNOS2/c11-9-8(5-14)16-10(13-9)15-7-4-2-1-3-6(7)12/h1-4,14H,5H2. The van der Waals surface area contributed by atoms with Gasteiger partial charge < -0.3 is 5.11 Å². The smallest absolute Gasteiger partial charge is 0.156 e. The summed E-state index contributed by atoms with van der Waals surface area (Å²) in [6.45, 7) is -0.145. The van der Waals surface area contributed by atoms with Crippen LogP contribution in [0, 0.1) is 5.82 Å². The monoisotopic (exact) mass is 275 g/mol. The number of hydrogen-bond donors (Lipinski definition) is 1. The molecule has 0 spiro atoms. The zero-order valence-corrected chi connectivity index (χ0v) is 10.4. The molecule has 16 heavy (non-hydrogen) atoms. The van der Waals surface area contributed by atoms with Crippen molar-refractivity contribution in [3.63, 3.8) is 0 Å². The Balaban J connectivity index is 2.24. The third-order valence-electron chi connectivity index (χ3n) is 1.81. The van der Waals surface area contributed by atoms with Gasteiger partial charge in [-0.15, -0.1) is 11.3 Å². The second-order valence-electron chi connectivity index (χ2n) is 2.88. The molecule has 84 valence electrons. The van der Waals surface area contributed by atoms with Crippen molar-refractivity contribution < 1.29 is 9.50 Å². The van der Waals surface area contributed by atoms with Gasteiger partial charge in [0.05, 0.1) is 16.4 Å². The number of halogens is 2. The zero-order chi connectivity index (χ0) is 11.5. The van der Waals surface area contributed by atoms with Gasteiger partial charge in [0.25, 0.3) is 0 Å². The number of benzene rings is 1. The molecule has 0 aliphatic rings. The summed E-state index contributed by atoms with van der Waals surface area (Å²) < 4.78 is 14.0. The molecular weight excluding hydrogens is 269 g/mol. The lowest BCUT2D eigenvalue weighted by Gasteiger charge is -1.97. The maximum absolute atomic E-state index is 13.3. The van der Waals surface area contributed by atoms with Gasteiger partial charge >= 0.3 is 0 Å². The average molecular weight is 276 g/mol. The number of nitrogens with zero attached hydrogens (tertiary/aromatic N) is 1. The summed E-state index contributed by atoms with van der Waals surface area (Å²) in [5.41, 5.74) is 0. The van der Waals surface area contributed by atoms with Crippen LogP contribution < -0.4 is 0 Å². The highest BCUT2D eigenvalue weighted by molar-refractivity contribution is 8.01. The summed E-state index contributed by atoms with van der Waals surface area (Å²) in [6, 6.07) is 6.46. The molecule has 0 saturated carbocycles. The molecule has 2 rings (SSSR count). The van der Waals surface area contributed by atoms with Crippen molar-refractivity contribution >= 4 is 34.7 Å². The summed E-state index contributed by atoms with van der Waals surface area (Å²) in [4.78, 5) is 5.13. The van der Waals surface area contributed by atoms with Crippen LogP contribution in [0.25, 0.3) is 0 Å². The fourth-order valence-electron chi connectivity index (χ4n) is 1.08. The van der Waals surface area contributed by atoms with E-state index in [0.717, 1.165) is 0 Å². The van der Waals surface area contributed by atoms with Gasteiger partial charge in [0.15, 0.2) is 4.34 Å². The number of hydrogen-bond acceptors (Lipinski definition) is 4. The van der Waals surface area contributed by atoms with Crippen LogP contribution in [0.2, 0.25) is 5.15 Å². The normalized spacial score (nSPS) is 10.7. The van der Waals surface area contributed by atoms with Gasteiger partial charge in [0.1, 0.15) is 11.0 Å². The molecule has 1 aromatic carbocycles. The second-order valence-corrected chi connectivity index (χ2v) is 5.62. The van der Waals surface area contributed by atoms with E-state index in [1.165, 1.54) is 29.2 Å². The van der Waals surface area contributed by atoms with E-state index in [2.05, 4.69) is 4.98 Å². The Morgan fingerprint density at radius 2 is 2.19 bits per heavy atom. The fourth-order valence-corrected chi connectivity index (χ4v) is 3.35. The number of rotatable bonds is 3. The minimum Gasteiger partial charge on any atom is -0.391 e. The number of thiazole rings is 1. The largest absolute Gasteiger partial charge is 0.391 e. The molecular formula is C10H7ClFNOS2. The number of aromatic nitrogens is 1. The highest BCUT2D eigenvalue weighted by Gasteiger charge is 2.11. The zero-order valence-electron chi connectivity index (χ0n) is 7.98. The summed E-state index contributed by atoms with van der Waals surface area (Å²) in [7, 11) is 0. The van der Waals surface area contributed by atoms with Gasteiger partial charge in [0.2, 0.25) is 0 Å². The molecule has 0 amide bonds. The Labute approximate surface area is 105 Å². The van der Waals surface area contributed by atoms with Gasteiger partial charge in [-0.3, -0.25) is 0 Å². The van der Waals surface area contributed by atoms with Crippen LogP contribution in [0.15, 0.2) is 33.5 Å². The Morgan fingerprint density at radius 1 is 1.44 bits per heavy atom. The van der Waals surface area contributed by atoms with Crippen LogP contribution in [-0.2, 0) is 6.61 Å². The van der Waals surface area contributed by atoms with Crippen LogP contribution in [-0.4, -0.2) is 10.1 Å². The minimum absolute atomic E-state index is 0.145. The lowest BCUT2D eigenvalue weighted by molar-refractivity contribution is 0.285. The molecule has 1 heterocycles. The van der Waals surface area contributed by atoms with E-state index in [9.17, 15) is 4.39 Å². The van der Waals surface area contributed by atoms with Gasteiger partial charge in [0, 0.05) is 0 Å². The maximum atomic E-state index is 13.3. The Hall–Kier alpha value is -0.620. The van der Waals surface area contributed by atoms with Crippen molar-refractivity contribution in [3.8, 4) is 0 Å². The number of aliphatic hydroxyl groups is 1. The van der Waals surface area contributed by atoms with Crippen LogP contribution in [0.1, 0.15) is 4.88 Å². The van der Waals surface area contributed by atoms with Gasteiger partial charge in [-0.25, -0.2) is 9.37 Å². The SMILES string of the molecule is OCc1sc(Sc2ccccc2F)nc1Cl. The first kappa shape index (κ1) is 11.9. The molecule has 6 heteroatoms. The Bertz CT molecular complexity index is 503. The lowest BCUT2D eigenvalue weighted by Crippen LogP contribution is -1.78. The first-order chi connectivity index (χ1) is 7.70. The van der Waals surface area contributed by atoms with E-state index < -0.39 is 0 Å². The van der Waals surface area contributed by atoms with E-state index >= 15 is 0 Å². The van der Waals surface area contributed by atoms with E-state index in [1.807, 2.05) is 0 Å². The Kier molecular flexibility index (Phi) is 3.81. The van der Waals surface area contributed by atoms with Crippen LogP contribution in [0.5, 0.6) is 0 Å². The van der Waals surface area contributed by atoms with E-state index in [-0.39, 0.29) is 17.6 Å². The summed E-state index contributed by atoms with van der Waals surface area (Å²) in [6.07, 6.45) is 0. The predicted molar refractivity (Wildman–Crippen MR) is 63.6 cm³/mol. The highest BCUT2D eigenvalue weighted by Crippen LogP contribution is 2.35. The third-order valence-corrected chi connectivity index (χ3v) is 4.38. The average Bonchev–Trinajstić information content (AvgIpc) is 2.62. The molecule has 1 N–H and O–H groups in total. The molecule has 0 aliphatic heterocycles. The second kappa shape index (κ2) is 5.14. The molecule has 0 radical (unpaired) electrons. The van der Waals surface area contributed by atoms with Crippen LogP contribution in [0.3, 0.4) is 0 Å². The van der Waals surface area contributed by atoms with Gasteiger partial charge in [-0.05, 0) is 12.1 Å². The van der Waals surface area contributed by atoms with Crippen molar-refractivity contribution in [2.45, 2.75) is 15.8 Å². The quantitative estimate of drug-likeness (QED) is 0.929. The Morgan fingerprint density at radius 3 is 2.81 bits per heavy atom. The third kappa shape index (κ3) is 2.55. The van der Waals surface area contributed by atoms with E-state index in [1.54, 1.807) is 18.2 Å². The highest BCUT2D eigenvalue weighted by atomic mass is 35.5. The molecule has 2 aromatic rings. The predicted octanol–water partition coefficient (Wildman–Crippen LogP) is 3.58. The van der Waals surface area contributed by atoms with Crippen molar-refractivity contribution in [3.05, 3.63) is 40.1 Å². The molecule has 0 fully saturated rings. The summed E-state index contributed by atoms with van der Waals surface area (Å²) in [5, 5.41) is 9.24. The molecule has 0 atom stereocenters. The van der Waals surface area contributed by atoms with Gasteiger partial charge in [-0.2, -0.15) is 0 Å².